The van der Waals surface area contributed by atoms with Crippen LogP contribution < -0.4 is 10.6 Å². The van der Waals surface area contributed by atoms with Crippen molar-refractivity contribution in [2.24, 2.45) is 10.9 Å². The molecule has 0 aliphatic heterocycles. The molecule has 0 amide bonds. The maximum Gasteiger partial charge on any atom is 0.191 e. The second-order valence-electron chi connectivity index (χ2n) is 6.72. The van der Waals surface area contributed by atoms with Gasteiger partial charge in [-0.1, -0.05) is 20.8 Å². The molecule has 0 saturated carbocycles. The Labute approximate surface area is 175 Å². The number of hydrogen-bond acceptors (Lipinski definition) is 4. The van der Waals surface area contributed by atoms with Crippen molar-refractivity contribution < 1.29 is 0 Å². The van der Waals surface area contributed by atoms with Crippen molar-refractivity contribution in [3.63, 3.8) is 0 Å². The average molecular weight is 481 g/mol. The number of aromatic nitrogens is 1. The number of nitrogens with zero attached hydrogens (tertiary/aromatic N) is 3. The normalized spacial score (nSPS) is 13.0. The molecule has 1 unspecified atom stereocenters. The minimum absolute atomic E-state index is 0. The van der Waals surface area contributed by atoms with Gasteiger partial charge in [-0.15, -0.1) is 35.3 Å². The molecule has 0 aliphatic carbocycles. The van der Waals surface area contributed by atoms with Crippen molar-refractivity contribution >= 4 is 41.3 Å². The second kappa shape index (κ2) is 13.7. The fourth-order valence-electron chi connectivity index (χ4n) is 2.45. The number of rotatable bonds is 10. The first-order chi connectivity index (χ1) is 11.5. The van der Waals surface area contributed by atoms with Crippen molar-refractivity contribution in [2.45, 2.75) is 53.0 Å². The van der Waals surface area contributed by atoms with E-state index in [1.807, 2.05) is 17.5 Å². The molecule has 5 nitrogen and oxygen atoms in total. The van der Waals surface area contributed by atoms with Crippen LogP contribution in [0.25, 0.3) is 0 Å². The molecular weight excluding hydrogens is 445 g/mol. The highest BCUT2D eigenvalue weighted by Gasteiger charge is 2.13. The lowest BCUT2D eigenvalue weighted by Crippen LogP contribution is -2.40. The summed E-state index contributed by atoms with van der Waals surface area (Å²) in [7, 11) is 4.27. The van der Waals surface area contributed by atoms with Crippen LogP contribution in [-0.4, -0.2) is 55.6 Å². The van der Waals surface area contributed by atoms with E-state index >= 15 is 0 Å². The minimum Gasteiger partial charge on any atom is -0.357 e. The highest BCUT2D eigenvalue weighted by Crippen LogP contribution is 2.13. The summed E-state index contributed by atoms with van der Waals surface area (Å²) in [5, 5.41) is 7.96. The molecule has 1 heterocycles. The van der Waals surface area contributed by atoms with E-state index in [-0.39, 0.29) is 24.0 Å². The first-order valence-corrected chi connectivity index (χ1v) is 9.90. The van der Waals surface area contributed by atoms with Crippen LogP contribution in [0.1, 0.15) is 44.0 Å². The third kappa shape index (κ3) is 10.4. The lowest BCUT2D eigenvalue weighted by Gasteiger charge is -2.24. The molecule has 0 aliphatic rings. The molecule has 0 spiro atoms. The predicted octanol–water partition coefficient (Wildman–Crippen LogP) is 3.40. The second-order valence-corrected chi connectivity index (χ2v) is 7.92. The van der Waals surface area contributed by atoms with Gasteiger partial charge in [0.05, 0.1) is 11.6 Å². The quantitative estimate of drug-likeness (QED) is 0.306. The van der Waals surface area contributed by atoms with E-state index in [4.69, 9.17) is 4.99 Å². The Balaban J connectivity index is 0.00000576. The number of aryl methyl sites for hydroxylation is 1. The monoisotopic (exact) mass is 481 g/mol. The van der Waals surface area contributed by atoms with Crippen molar-refractivity contribution in [3.8, 4) is 0 Å². The van der Waals surface area contributed by atoms with E-state index in [1.165, 1.54) is 9.88 Å². The topological polar surface area (TPSA) is 52.6 Å². The average Bonchev–Trinajstić information content (AvgIpc) is 2.98. The minimum atomic E-state index is 0. The van der Waals surface area contributed by atoms with Crippen LogP contribution in [0.2, 0.25) is 0 Å². The van der Waals surface area contributed by atoms with E-state index in [1.54, 1.807) is 0 Å². The zero-order valence-electron chi connectivity index (χ0n) is 16.6. The van der Waals surface area contributed by atoms with E-state index in [2.05, 4.69) is 62.3 Å². The van der Waals surface area contributed by atoms with E-state index in [9.17, 15) is 0 Å². The summed E-state index contributed by atoms with van der Waals surface area (Å²) in [6.45, 7) is 11.4. The Morgan fingerprint density at radius 2 is 2.00 bits per heavy atom. The number of nitrogens with one attached hydrogen (secondary N) is 2. The van der Waals surface area contributed by atoms with Crippen molar-refractivity contribution in [2.75, 3.05) is 33.7 Å². The zero-order chi connectivity index (χ0) is 17.9. The number of guanidine groups is 1. The van der Waals surface area contributed by atoms with Crippen LogP contribution in [0, 0.1) is 5.92 Å². The molecule has 2 N–H and O–H groups in total. The summed E-state index contributed by atoms with van der Waals surface area (Å²) in [6, 6.07) is 0.478. The van der Waals surface area contributed by atoms with Crippen molar-refractivity contribution in [1.29, 1.82) is 0 Å². The molecule has 1 aromatic rings. The fourth-order valence-corrected chi connectivity index (χ4v) is 3.31. The van der Waals surface area contributed by atoms with Crippen LogP contribution in [0.5, 0.6) is 0 Å². The molecule has 0 saturated heterocycles. The van der Waals surface area contributed by atoms with Gasteiger partial charge in [0.1, 0.15) is 0 Å². The van der Waals surface area contributed by atoms with Crippen molar-refractivity contribution in [1.82, 2.24) is 20.5 Å². The Bertz CT molecular complexity index is 488. The van der Waals surface area contributed by atoms with Gasteiger partial charge in [0.25, 0.3) is 0 Å². The molecule has 1 rings (SSSR count). The zero-order valence-corrected chi connectivity index (χ0v) is 19.8. The molecule has 0 fully saturated rings. The Kier molecular flexibility index (Phi) is 13.5. The van der Waals surface area contributed by atoms with Crippen molar-refractivity contribution in [3.05, 3.63) is 16.1 Å². The molecule has 1 aromatic heterocycles. The number of likely N-dealkylation sites (N-methyl/N-ethyl adjacent to an activating group) is 1. The van der Waals surface area contributed by atoms with Gasteiger partial charge in [-0.2, -0.15) is 0 Å². The molecule has 7 heteroatoms. The van der Waals surface area contributed by atoms with Gasteiger partial charge in [0.2, 0.25) is 0 Å². The van der Waals surface area contributed by atoms with E-state index in [0.29, 0.717) is 12.0 Å². The van der Waals surface area contributed by atoms with Gasteiger partial charge in [-0.3, -0.25) is 4.99 Å². The van der Waals surface area contributed by atoms with Crippen LogP contribution in [0.4, 0.5) is 0 Å². The molecule has 146 valence electrons. The summed E-state index contributed by atoms with van der Waals surface area (Å²) in [5.41, 5.74) is 0. The first kappa shape index (κ1) is 24.6. The Hall–Kier alpha value is -0.410. The SMILES string of the molecule is CCNC(=NCC(CC(C)C)N(C)C)NCCc1ncc(CC)s1.I. The maximum absolute atomic E-state index is 4.78. The van der Waals surface area contributed by atoms with E-state index < -0.39 is 0 Å². The van der Waals surface area contributed by atoms with E-state index in [0.717, 1.165) is 44.9 Å². The molecule has 0 radical (unpaired) electrons. The summed E-state index contributed by atoms with van der Waals surface area (Å²) in [4.78, 5) is 12.9. The molecule has 0 bridgehead atoms. The Morgan fingerprint density at radius 3 is 2.52 bits per heavy atom. The largest absolute Gasteiger partial charge is 0.357 e. The van der Waals surface area contributed by atoms with Crippen LogP contribution in [0.15, 0.2) is 11.2 Å². The molecule has 0 aromatic carbocycles. The Morgan fingerprint density at radius 1 is 1.28 bits per heavy atom. The van der Waals surface area contributed by atoms with Crippen LogP contribution >= 0.6 is 35.3 Å². The van der Waals surface area contributed by atoms with Gasteiger partial charge in [-0.05, 0) is 39.8 Å². The summed E-state index contributed by atoms with van der Waals surface area (Å²) >= 11 is 1.81. The number of halogens is 1. The summed E-state index contributed by atoms with van der Waals surface area (Å²) in [5.74, 6) is 1.58. The summed E-state index contributed by atoms with van der Waals surface area (Å²) in [6.07, 6.45) is 5.16. The van der Waals surface area contributed by atoms with Crippen LogP contribution in [0.3, 0.4) is 0 Å². The van der Waals surface area contributed by atoms with Gasteiger partial charge in [0.15, 0.2) is 5.96 Å². The predicted molar refractivity (Wildman–Crippen MR) is 122 cm³/mol. The number of aliphatic imine (C=N–C) groups is 1. The number of hydrogen-bond donors (Lipinski definition) is 2. The highest BCUT2D eigenvalue weighted by atomic mass is 127. The standard InChI is InChI=1S/C18H35N5S.HI/c1-7-16-13-21-17(24-16)9-10-20-18(19-8-2)22-12-15(23(5)6)11-14(3)4;/h13-15H,7-12H2,1-6H3,(H2,19,20,22);1H. The maximum atomic E-state index is 4.78. The lowest BCUT2D eigenvalue weighted by molar-refractivity contribution is 0.261. The fraction of sp³-hybridized carbons (Fsp3) is 0.778. The third-order valence-corrected chi connectivity index (χ3v) is 5.06. The smallest absolute Gasteiger partial charge is 0.191 e. The van der Waals surface area contributed by atoms with Crippen LogP contribution in [-0.2, 0) is 12.8 Å². The van der Waals surface area contributed by atoms with Gasteiger partial charge >= 0.3 is 0 Å². The van der Waals surface area contributed by atoms with Gasteiger partial charge < -0.3 is 15.5 Å². The van der Waals surface area contributed by atoms with Gasteiger partial charge in [0, 0.05) is 36.6 Å². The molecule has 25 heavy (non-hydrogen) atoms. The molecule has 1 atom stereocenters. The summed E-state index contributed by atoms with van der Waals surface area (Å²) < 4.78 is 0. The lowest BCUT2D eigenvalue weighted by atomic mass is 10.0. The highest BCUT2D eigenvalue weighted by molar-refractivity contribution is 14.0. The molecular formula is C18H36IN5S. The third-order valence-electron chi connectivity index (χ3n) is 3.86. The van der Waals surface area contributed by atoms with Gasteiger partial charge in [-0.25, -0.2) is 4.98 Å². The number of thiazole rings is 1. The first-order valence-electron chi connectivity index (χ1n) is 9.08.